The molecule has 2 atom stereocenters. The summed E-state index contributed by atoms with van der Waals surface area (Å²) in [6, 6.07) is 15.0. The minimum Gasteiger partial charge on any atom is -0.352 e. The number of hydrogen-bond donors (Lipinski definition) is 1. The molecular formula is C28H28N4O3. The predicted octanol–water partition coefficient (Wildman–Crippen LogP) is 4.03. The molecule has 2 fully saturated rings. The van der Waals surface area contributed by atoms with Crippen molar-refractivity contribution in [3.63, 3.8) is 0 Å². The number of nitrogens with zero attached hydrogens (tertiary/aromatic N) is 3. The number of pyridine rings is 1. The molecule has 7 heteroatoms. The number of piperidine rings is 1. The highest BCUT2D eigenvalue weighted by Crippen LogP contribution is 2.47. The van der Waals surface area contributed by atoms with Crippen molar-refractivity contribution < 1.29 is 14.4 Å². The number of imide groups is 2. The maximum atomic E-state index is 14.2. The minimum absolute atomic E-state index is 0.134. The number of urea groups is 1. The number of benzene rings is 2. The van der Waals surface area contributed by atoms with Crippen molar-refractivity contribution in [2.75, 3.05) is 11.4 Å². The molecule has 35 heavy (non-hydrogen) atoms. The van der Waals surface area contributed by atoms with E-state index in [0.29, 0.717) is 6.42 Å². The van der Waals surface area contributed by atoms with Crippen molar-refractivity contribution in [1.29, 1.82) is 0 Å². The first-order valence-corrected chi connectivity index (χ1v) is 12.3. The van der Waals surface area contributed by atoms with Gasteiger partial charge in [0.25, 0.3) is 0 Å². The van der Waals surface area contributed by atoms with Gasteiger partial charge in [-0.05, 0) is 62.4 Å². The van der Waals surface area contributed by atoms with Gasteiger partial charge in [0.05, 0.1) is 18.1 Å². The first-order chi connectivity index (χ1) is 16.9. The van der Waals surface area contributed by atoms with Crippen molar-refractivity contribution in [2.24, 2.45) is 5.41 Å². The van der Waals surface area contributed by atoms with E-state index in [4.69, 9.17) is 4.98 Å². The Bertz CT molecular complexity index is 1380. The third kappa shape index (κ3) is 3.32. The molecule has 178 valence electrons. The van der Waals surface area contributed by atoms with Crippen molar-refractivity contribution >= 4 is 34.6 Å². The molecule has 2 aromatic carbocycles. The molecular weight excluding hydrogens is 440 g/mol. The molecule has 0 aliphatic carbocycles. The van der Waals surface area contributed by atoms with Crippen LogP contribution in [0.1, 0.15) is 41.5 Å². The highest BCUT2D eigenvalue weighted by molar-refractivity contribution is 6.20. The lowest BCUT2D eigenvalue weighted by Gasteiger charge is -2.53. The lowest BCUT2D eigenvalue weighted by molar-refractivity contribution is -0.154. The van der Waals surface area contributed by atoms with E-state index >= 15 is 0 Å². The summed E-state index contributed by atoms with van der Waals surface area (Å²) in [6.45, 7) is 4.89. The lowest BCUT2D eigenvalue weighted by Crippen LogP contribution is -2.72. The molecule has 1 spiro atoms. The number of fused-ring (bicyclic) bond motifs is 5. The van der Waals surface area contributed by atoms with Gasteiger partial charge in [0, 0.05) is 18.4 Å². The summed E-state index contributed by atoms with van der Waals surface area (Å²) in [5.74, 6) is -0.0301. The summed E-state index contributed by atoms with van der Waals surface area (Å²) in [7, 11) is 0. The first-order valence-electron chi connectivity index (χ1n) is 12.3. The normalized spacial score (nSPS) is 23.9. The van der Waals surface area contributed by atoms with Crippen LogP contribution in [0.4, 0.5) is 10.6 Å². The van der Waals surface area contributed by atoms with Gasteiger partial charge in [0.1, 0.15) is 5.82 Å². The first kappa shape index (κ1) is 21.8. The Balaban J connectivity index is 1.47. The number of carbonyl (C=O) groups is 3. The van der Waals surface area contributed by atoms with Gasteiger partial charge in [0.15, 0.2) is 5.41 Å². The molecule has 1 N–H and O–H groups in total. The highest BCUT2D eigenvalue weighted by Gasteiger charge is 2.62. The number of barbiturate groups is 1. The van der Waals surface area contributed by atoms with Crippen LogP contribution in [0.2, 0.25) is 0 Å². The zero-order valence-corrected chi connectivity index (χ0v) is 20.0. The third-order valence-corrected chi connectivity index (χ3v) is 7.80. The second-order valence-electron chi connectivity index (χ2n) is 10.2. The van der Waals surface area contributed by atoms with Gasteiger partial charge in [-0.25, -0.2) is 9.78 Å². The van der Waals surface area contributed by atoms with Crippen LogP contribution in [-0.2, 0) is 22.6 Å². The van der Waals surface area contributed by atoms with E-state index in [1.165, 1.54) is 4.90 Å². The summed E-state index contributed by atoms with van der Waals surface area (Å²) >= 11 is 0. The van der Waals surface area contributed by atoms with Crippen molar-refractivity contribution in [2.45, 2.75) is 52.1 Å². The van der Waals surface area contributed by atoms with Crippen LogP contribution in [-0.4, -0.2) is 40.3 Å². The largest absolute Gasteiger partial charge is 0.352 e. The zero-order valence-electron chi connectivity index (χ0n) is 20.0. The molecule has 2 unspecified atom stereocenters. The van der Waals surface area contributed by atoms with Gasteiger partial charge >= 0.3 is 6.03 Å². The Morgan fingerprint density at radius 3 is 2.57 bits per heavy atom. The SMILES string of the molecule is Cc1ccc(CN2C(=O)NC(=O)C3(Cc4cc5cc(C)ccc5nc4N4CCCCC43)C2=O)cc1. The van der Waals surface area contributed by atoms with Crippen LogP contribution in [0.25, 0.3) is 10.9 Å². The topological polar surface area (TPSA) is 82.6 Å². The Labute approximate surface area is 204 Å². The van der Waals surface area contributed by atoms with Crippen LogP contribution in [0.15, 0.2) is 48.5 Å². The summed E-state index contributed by atoms with van der Waals surface area (Å²) < 4.78 is 0. The maximum Gasteiger partial charge on any atom is 0.331 e. The number of rotatable bonds is 2. The van der Waals surface area contributed by atoms with Crippen LogP contribution < -0.4 is 10.2 Å². The smallest absolute Gasteiger partial charge is 0.331 e. The summed E-state index contributed by atoms with van der Waals surface area (Å²) in [6.07, 6.45) is 2.85. The highest BCUT2D eigenvalue weighted by atomic mass is 16.2. The molecule has 4 amide bonds. The molecule has 3 aliphatic rings. The third-order valence-electron chi connectivity index (χ3n) is 7.80. The number of carbonyl (C=O) groups excluding carboxylic acids is 3. The van der Waals surface area contributed by atoms with Crippen molar-refractivity contribution in [3.05, 3.63) is 70.8 Å². The molecule has 3 aliphatic heterocycles. The quantitative estimate of drug-likeness (QED) is 0.574. The summed E-state index contributed by atoms with van der Waals surface area (Å²) in [4.78, 5) is 49.0. The molecule has 4 heterocycles. The molecule has 0 saturated carbocycles. The number of nitrogens with one attached hydrogen (secondary N) is 1. The molecule has 0 radical (unpaired) electrons. The van der Waals surface area contributed by atoms with E-state index in [-0.39, 0.29) is 19.0 Å². The number of aryl methyl sites for hydroxylation is 2. The van der Waals surface area contributed by atoms with E-state index in [2.05, 4.69) is 22.3 Å². The molecule has 6 rings (SSSR count). The van der Waals surface area contributed by atoms with E-state index in [1.54, 1.807) is 0 Å². The standard InChI is InChI=1S/C28H28N4O3/c1-17-6-9-19(10-7-17)16-32-26(34)28(25(33)30-27(32)35)15-21-14-20-13-18(2)8-11-22(20)29-24(21)31-12-4-3-5-23(28)31/h6-11,13-14,23H,3-5,12,15-16H2,1-2H3,(H,30,33,35). The molecule has 7 nitrogen and oxygen atoms in total. The Hall–Kier alpha value is -3.74. The summed E-state index contributed by atoms with van der Waals surface area (Å²) in [5, 5.41) is 3.53. The fourth-order valence-electron chi connectivity index (χ4n) is 6.00. The van der Waals surface area contributed by atoms with Gasteiger partial charge in [-0.15, -0.1) is 0 Å². The maximum absolute atomic E-state index is 14.2. The predicted molar refractivity (Wildman–Crippen MR) is 133 cm³/mol. The van der Waals surface area contributed by atoms with E-state index in [1.807, 2.05) is 50.2 Å². The second kappa shape index (κ2) is 7.90. The van der Waals surface area contributed by atoms with Crippen LogP contribution in [0, 0.1) is 19.3 Å². The van der Waals surface area contributed by atoms with Crippen LogP contribution >= 0.6 is 0 Å². The number of aromatic nitrogens is 1. The number of hydrogen-bond acceptors (Lipinski definition) is 5. The van der Waals surface area contributed by atoms with Gasteiger partial charge in [-0.3, -0.25) is 19.8 Å². The Morgan fingerprint density at radius 2 is 1.77 bits per heavy atom. The fourth-order valence-corrected chi connectivity index (χ4v) is 6.00. The zero-order chi connectivity index (χ0) is 24.3. The second-order valence-corrected chi connectivity index (χ2v) is 10.2. The monoisotopic (exact) mass is 468 g/mol. The van der Waals surface area contributed by atoms with E-state index in [0.717, 1.165) is 58.4 Å². The lowest BCUT2D eigenvalue weighted by atomic mass is 9.66. The van der Waals surface area contributed by atoms with E-state index < -0.39 is 23.3 Å². The van der Waals surface area contributed by atoms with Crippen LogP contribution in [0.3, 0.4) is 0 Å². The van der Waals surface area contributed by atoms with Gasteiger partial charge in [-0.2, -0.15) is 0 Å². The average Bonchev–Trinajstić information content (AvgIpc) is 2.85. The van der Waals surface area contributed by atoms with Crippen molar-refractivity contribution in [1.82, 2.24) is 15.2 Å². The van der Waals surface area contributed by atoms with E-state index in [9.17, 15) is 14.4 Å². The van der Waals surface area contributed by atoms with Crippen LogP contribution in [0.5, 0.6) is 0 Å². The molecule has 0 bridgehead atoms. The average molecular weight is 469 g/mol. The van der Waals surface area contributed by atoms with Crippen molar-refractivity contribution in [3.8, 4) is 0 Å². The van der Waals surface area contributed by atoms with Gasteiger partial charge in [0.2, 0.25) is 11.8 Å². The Morgan fingerprint density at radius 1 is 1.00 bits per heavy atom. The molecule has 1 aromatic heterocycles. The minimum atomic E-state index is -1.36. The fraction of sp³-hybridized carbons (Fsp3) is 0.357. The van der Waals surface area contributed by atoms with Gasteiger partial charge < -0.3 is 4.90 Å². The molecule has 3 aromatic rings. The Kier molecular flexibility index (Phi) is 4.91. The molecule has 2 saturated heterocycles. The number of amides is 4. The summed E-state index contributed by atoms with van der Waals surface area (Å²) in [5.41, 5.74) is 3.52. The number of anilines is 1. The van der Waals surface area contributed by atoms with Gasteiger partial charge in [-0.1, -0.05) is 41.5 Å².